The van der Waals surface area contributed by atoms with Crippen molar-refractivity contribution in [2.24, 2.45) is 0 Å². The first-order chi connectivity index (χ1) is 12.5. The molecule has 0 radical (unpaired) electrons. The molecule has 2 rings (SSSR count). The van der Waals surface area contributed by atoms with E-state index in [-0.39, 0.29) is 0 Å². The van der Waals surface area contributed by atoms with Crippen molar-refractivity contribution in [3.8, 4) is 0 Å². The molecular formula is C12H22O14S. The molecule has 8 N–H and O–H groups in total. The Bertz CT molecular complexity index is 583. The Morgan fingerprint density at radius 3 is 2.00 bits per heavy atom. The van der Waals surface area contributed by atoms with E-state index in [0.29, 0.717) is 0 Å². The largest absolute Gasteiger partial charge is 0.397 e. The molecule has 2 heterocycles. The molecule has 1 unspecified atom stereocenters. The summed E-state index contributed by atoms with van der Waals surface area (Å²) in [7, 11) is -4.89. The summed E-state index contributed by atoms with van der Waals surface area (Å²) in [6.07, 6.45) is -17.3. The van der Waals surface area contributed by atoms with Gasteiger partial charge in [0.1, 0.15) is 48.8 Å². The minimum atomic E-state index is -4.89. The van der Waals surface area contributed by atoms with E-state index < -0.39 is 85.0 Å². The first kappa shape index (κ1) is 22.8. The van der Waals surface area contributed by atoms with E-state index in [0.717, 1.165) is 0 Å². The Labute approximate surface area is 153 Å². The summed E-state index contributed by atoms with van der Waals surface area (Å²) in [6, 6.07) is 0. The predicted molar refractivity (Wildman–Crippen MR) is 79.0 cm³/mol. The summed E-state index contributed by atoms with van der Waals surface area (Å²) in [6.45, 7) is -1.72. The van der Waals surface area contributed by atoms with Crippen LogP contribution >= 0.6 is 0 Å². The molecule has 2 fully saturated rings. The zero-order valence-electron chi connectivity index (χ0n) is 13.6. The molecule has 14 nitrogen and oxygen atoms in total. The number of hydrogen-bond donors (Lipinski definition) is 8. The highest BCUT2D eigenvalue weighted by Gasteiger charge is 2.50. The molecule has 2 aliphatic rings. The SMILES string of the molecule is O=S(=O)(O)OC[C@H]1O[C@@H](O[C@H]2[C@H](O)[C@@H](O)C(O)O[C@@H]2CO)[C@H](O)[C@@H](O)[C@H]1O. The number of aliphatic hydroxyl groups is 7. The minimum absolute atomic E-state index is 0.769. The van der Waals surface area contributed by atoms with Crippen LogP contribution in [0.5, 0.6) is 0 Å². The summed E-state index contributed by atoms with van der Waals surface area (Å²) in [5.74, 6) is 0. The smallest absolute Gasteiger partial charge is 0.394 e. The summed E-state index contributed by atoms with van der Waals surface area (Å²) in [4.78, 5) is 0. The number of aliphatic hydroxyl groups excluding tert-OH is 7. The molecule has 0 aromatic rings. The second kappa shape index (κ2) is 8.87. The van der Waals surface area contributed by atoms with Gasteiger partial charge in [0.05, 0.1) is 13.2 Å². The van der Waals surface area contributed by atoms with Gasteiger partial charge < -0.3 is 50.0 Å². The topological polar surface area (TPSA) is 233 Å². The maximum absolute atomic E-state index is 10.6. The van der Waals surface area contributed by atoms with E-state index in [1.165, 1.54) is 0 Å². The van der Waals surface area contributed by atoms with Crippen molar-refractivity contribution in [3.05, 3.63) is 0 Å². The van der Waals surface area contributed by atoms with Crippen molar-refractivity contribution < 1.29 is 67.1 Å². The van der Waals surface area contributed by atoms with E-state index in [4.69, 9.17) is 18.8 Å². The molecule has 160 valence electrons. The highest BCUT2D eigenvalue weighted by molar-refractivity contribution is 7.80. The summed E-state index contributed by atoms with van der Waals surface area (Å²) >= 11 is 0. The van der Waals surface area contributed by atoms with Gasteiger partial charge in [-0.15, -0.1) is 0 Å². The second-order valence-corrected chi connectivity index (χ2v) is 7.15. The molecule has 0 bridgehead atoms. The Hall–Kier alpha value is -0.530. The molecule has 2 saturated heterocycles. The van der Waals surface area contributed by atoms with Crippen LogP contribution in [0.3, 0.4) is 0 Å². The predicted octanol–water partition coefficient (Wildman–Crippen LogP) is -5.57. The van der Waals surface area contributed by atoms with Gasteiger partial charge in [0.15, 0.2) is 12.6 Å². The Morgan fingerprint density at radius 1 is 0.815 bits per heavy atom. The lowest BCUT2D eigenvalue weighted by molar-refractivity contribution is -0.354. The van der Waals surface area contributed by atoms with Gasteiger partial charge in [-0.05, 0) is 0 Å². The molecule has 0 saturated carbocycles. The normalized spacial score (nSPS) is 46.4. The van der Waals surface area contributed by atoms with Crippen LogP contribution in [0.2, 0.25) is 0 Å². The van der Waals surface area contributed by atoms with Crippen LogP contribution in [0.15, 0.2) is 0 Å². The highest BCUT2D eigenvalue weighted by Crippen LogP contribution is 2.28. The summed E-state index contributed by atoms with van der Waals surface area (Å²) < 4.78 is 49.1. The van der Waals surface area contributed by atoms with Crippen LogP contribution in [-0.2, 0) is 28.8 Å². The summed E-state index contributed by atoms with van der Waals surface area (Å²) in [5, 5.41) is 68.1. The van der Waals surface area contributed by atoms with Crippen LogP contribution < -0.4 is 0 Å². The first-order valence-corrected chi connectivity index (χ1v) is 9.10. The third-order valence-corrected chi connectivity index (χ3v) is 4.61. The zero-order valence-corrected chi connectivity index (χ0v) is 14.4. The minimum Gasteiger partial charge on any atom is -0.394 e. The maximum atomic E-state index is 10.6. The van der Waals surface area contributed by atoms with Crippen LogP contribution in [0.4, 0.5) is 0 Å². The fraction of sp³-hybridized carbons (Fsp3) is 1.00. The number of rotatable bonds is 6. The third-order valence-electron chi connectivity index (χ3n) is 4.18. The third kappa shape index (κ3) is 5.30. The van der Waals surface area contributed by atoms with Crippen molar-refractivity contribution in [2.45, 2.75) is 61.4 Å². The van der Waals surface area contributed by atoms with Gasteiger partial charge in [0.25, 0.3) is 0 Å². The van der Waals surface area contributed by atoms with Crippen LogP contribution in [-0.4, -0.2) is 123 Å². The molecule has 2 aliphatic heterocycles. The molecule has 0 aliphatic carbocycles. The lowest BCUT2D eigenvalue weighted by atomic mass is 9.97. The fourth-order valence-corrected chi connectivity index (χ4v) is 3.02. The number of ether oxygens (including phenoxy) is 3. The molecule has 0 aromatic carbocycles. The monoisotopic (exact) mass is 422 g/mol. The Morgan fingerprint density at radius 2 is 1.44 bits per heavy atom. The van der Waals surface area contributed by atoms with Gasteiger partial charge in [-0.25, -0.2) is 4.18 Å². The zero-order chi connectivity index (χ0) is 20.5. The average Bonchev–Trinajstić information content (AvgIpc) is 2.60. The van der Waals surface area contributed by atoms with E-state index in [9.17, 15) is 44.2 Å². The van der Waals surface area contributed by atoms with Gasteiger partial charge in [0, 0.05) is 0 Å². The van der Waals surface area contributed by atoms with Crippen molar-refractivity contribution in [1.82, 2.24) is 0 Å². The van der Waals surface area contributed by atoms with Crippen LogP contribution in [0, 0.1) is 0 Å². The molecule has 0 amide bonds. The standard InChI is InChI=1S/C12H22O14S/c13-1-3-10(7(16)8(17)11(19)24-3)26-12-9(18)6(15)5(14)4(25-12)2-23-27(20,21)22/h3-19H,1-2H2,(H,20,21,22)/t3-,4-,5+,6+,7-,8-,9-,10-,11?,12+/m1/s1. The van der Waals surface area contributed by atoms with E-state index >= 15 is 0 Å². The van der Waals surface area contributed by atoms with Crippen LogP contribution in [0.1, 0.15) is 0 Å². The van der Waals surface area contributed by atoms with Crippen molar-refractivity contribution in [3.63, 3.8) is 0 Å². The van der Waals surface area contributed by atoms with Crippen molar-refractivity contribution in [1.29, 1.82) is 0 Å². The Kier molecular flexibility index (Phi) is 7.47. The molecule has 15 heteroatoms. The van der Waals surface area contributed by atoms with E-state index in [1.54, 1.807) is 0 Å². The highest BCUT2D eigenvalue weighted by atomic mass is 32.3. The van der Waals surface area contributed by atoms with E-state index in [1.807, 2.05) is 0 Å². The molecule has 0 spiro atoms. The van der Waals surface area contributed by atoms with Gasteiger partial charge in [-0.2, -0.15) is 8.42 Å². The van der Waals surface area contributed by atoms with Gasteiger partial charge in [-0.1, -0.05) is 0 Å². The lowest BCUT2D eigenvalue weighted by Crippen LogP contribution is -2.64. The van der Waals surface area contributed by atoms with E-state index in [2.05, 4.69) is 4.18 Å². The van der Waals surface area contributed by atoms with Crippen molar-refractivity contribution in [2.75, 3.05) is 13.2 Å². The molecular weight excluding hydrogens is 400 g/mol. The van der Waals surface area contributed by atoms with Gasteiger partial charge in [0.2, 0.25) is 0 Å². The lowest BCUT2D eigenvalue weighted by Gasteiger charge is -2.45. The fourth-order valence-electron chi connectivity index (χ4n) is 2.71. The molecule has 27 heavy (non-hydrogen) atoms. The number of hydrogen-bond acceptors (Lipinski definition) is 13. The molecule has 0 aromatic heterocycles. The van der Waals surface area contributed by atoms with Crippen LogP contribution in [0.25, 0.3) is 0 Å². The summed E-state index contributed by atoms with van der Waals surface area (Å²) in [5.41, 5.74) is 0. The first-order valence-electron chi connectivity index (χ1n) is 7.73. The maximum Gasteiger partial charge on any atom is 0.397 e. The van der Waals surface area contributed by atoms with Gasteiger partial charge in [-0.3, -0.25) is 4.55 Å². The van der Waals surface area contributed by atoms with Crippen molar-refractivity contribution >= 4 is 10.4 Å². The van der Waals surface area contributed by atoms with Gasteiger partial charge >= 0.3 is 10.4 Å². The Balaban J connectivity index is 2.12. The molecule has 10 atom stereocenters. The quantitative estimate of drug-likeness (QED) is 0.186. The average molecular weight is 422 g/mol. The second-order valence-electron chi connectivity index (χ2n) is 6.06.